The van der Waals surface area contributed by atoms with Gasteiger partial charge in [-0.05, 0) is 12.2 Å². The minimum atomic E-state index is 0.395. The Morgan fingerprint density at radius 1 is 1.00 bits per heavy atom. The van der Waals surface area contributed by atoms with E-state index >= 15 is 0 Å². The Balaban J connectivity index is 3.56. The molecule has 0 amide bonds. The summed E-state index contributed by atoms with van der Waals surface area (Å²) in [6, 6.07) is 0. The first-order valence-corrected chi connectivity index (χ1v) is 5.48. The largest absolute Gasteiger partial charge is 0.179 e. The number of hydrogen-bond acceptors (Lipinski definition) is 0. The van der Waals surface area contributed by atoms with E-state index in [-0.39, 0.29) is 0 Å². The lowest BCUT2D eigenvalue weighted by Gasteiger charge is -1.93. The normalized spacial score (nSPS) is 12.4. The number of aromatic nitrogens is 1. The summed E-state index contributed by atoms with van der Waals surface area (Å²) in [6.07, 6.45) is 13.2. The summed E-state index contributed by atoms with van der Waals surface area (Å²) in [5.74, 6) is 0. The minimum Gasteiger partial charge on any atom is -0.179 e. The third-order valence-corrected chi connectivity index (χ3v) is 2.43. The molecule has 0 N–H and O–H groups in total. The van der Waals surface area contributed by atoms with Crippen LogP contribution in [0, 0.1) is 0 Å². The Hall–Kier alpha value is -2.35. The lowest BCUT2D eigenvalue weighted by atomic mass is 10.2. The zero-order valence-electron chi connectivity index (χ0n) is 10.3. The van der Waals surface area contributed by atoms with Crippen LogP contribution in [0.4, 0.5) is 4.48 Å². The highest BCUT2D eigenvalue weighted by Gasteiger charge is 2.08. The SMILES string of the molecule is C=C/C=C\C=c1/c(=C)c(C=C)c(/C=C\C=C)n1F. The van der Waals surface area contributed by atoms with Gasteiger partial charge in [0.05, 0.1) is 11.0 Å². The summed E-state index contributed by atoms with van der Waals surface area (Å²) in [7, 11) is 0. The molecule has 2 heteroatoms. The van der Waals surface area contributed by atoms with Crippen molar-refractivity contribution in [3.63, 3.8) is 0 Å². The van der Waals surface area contributed by atoms with E-state index in [1.54, 1.807) is 48.6 Å². The molecule has 0 bridgehead atoms. The van der Waals surface area contributed by atoms with Crippen molar-refractivity contribution in [3.8, 4) is 0 Å². The summed E-state index contributed by atoms with van der Waals surface area (Å²) in [5, 5.41) is 0.997. The molecule has 0 aliphatic heterocycles. The highest BCUT2D eigenvalue weighted by atomic mass is 19.2. The number of halogens is 1. The Morgan fingerprint density at radius 2 is 1.67 bits per heavy atom. The van der Waals surface area contributed by atoms with Crippen molar-refractivity contribution in [2.24, 2.45) is 0 Å². The Bertz CT molecular complexity index is 627. The molecule has 1 rings (SSSR count). The number of allylic oxidation sites excluding steroid dienone is 5. The average Bonchev–Trinajstić information content (AvgIpc) is 2.59. The fourth-order valence-electron chi connectivity index (χ4n) is 1.58. The lowest BCUT2D eigenvalue weighted by molar-refractivity contribution is 0.356. The van der Waals surface area contributed by atoms with Crippen molar-refractivity contribution < 1.29 is 4.48 Å². The highest BCUT2D eigenvalue weighted by molar-refractivity contribution is 5.64. The van der Waals surface area contributed by atoms with E-state index in [0.717, 1.165) is 0 Å². The van der Waals surface area contributed by atoms with Gasteiger partial charge < -0.3 is 0 Å². The molecular formula is C16H16FN. The molecule has 1 aromatic rings. The molecule has 1 heterocycles. The van der Waals surface area contributed by atoms with Crippen LogP contribution < -0.4 is 10.6 Å². The molecule has 0 saturated carbocycles. The van der Waals surface area contributed by atoms with Crippen LogP contribution in [0.5, 0.6) is 0 Å². The average molecular weight is 241 g/mol. The van der Waals surface area contributed by atoms with Gasteiger partial charge in [-0.3, -0.25) is 0 Å². The molecule has 92 valence electrons. The molecule has 1 aromatic heterocycles. The molecule has 0 saturated heterocycles. The third kappa shape index (κ3) is 2.66. The summed E-state index contributed by atoms with van der Waals surface area (Å²) in [4.78, 5) is 0.590. The summed E-state index contributed by atoms with van der Waals surface area (Å²) in [5.41, 5.74) is 1.09. The Labute approximate surface area is 107 Å². The molecule has 0 aliphatic carbocycles. The highest BCUT2D eigenvalue weighted by Crippen LogP contribution is 2.07. The van der Waals surface area contributed by atoms with Crippen LogP contribution in [0.25, 0.3) is 24.8 Å². The zero-order valence-corrected chi connectivity index (χ0v) is 10.3. The van der Waals surface area contributed by atoms with Gasteiger partial charge in [0.25, 0.3) is 0 Å². The molecule has 0 fully saturated rings. The van der Waals surface area contributed by atoms with Crippen molar-refractivity contribution in [2.75, 3.05) is 0 Å². The second kappa shape index (κ2) is 6.40. The topological polar surface area (TPSA) is 4.93 Å². The first-order valence-electron chi connectivity index (χ1n) is 5.48. The Kier molecular flexibility index (Phi) is 4.88. The molecule has 1 nitrogen and oxygen atoms in total. The van der Waals surface area contributed by atoms with Gasteiger partial charge in [0.1, 0.15) is 0 Å². The molecule has 0 spiro atoms. The molecule has 0 radical (unpaired) electrons. The smallest absolute Gasteiger partial charge is 0.0825 e. The van der Waals surface area contributed by atoms with Crippen molar-refractivity contribution in [3.05, 3.63) is 71.9 Å². The number of rotatable bonds is 5. The minimum absolute atomic E-state index is 0.395. The number of hydrogen-bond donors (Lipinski definition) is 0. The first kappa shape index (κ1) is 13.7. The molecule has 0 aliphatic rings. The van der Waals surface area contributed by atoms with E-state index in [1.165, 1.54) is 0 Å². The second-order valence-electron chi connectivity index (χ2n) is 3.53. The maximum Gasteiger partial charge on any atom is 0.0825 e. The molecular weight excluding hydrogens is 225 g/mol. The lowest BCUT2D eigenvalue weighted by Crippen LogP contribution is -2.25. The van der Waals surface area contributed by atoms with Gasteiger partial charge in [0.2, 0.25) is 0 Å². The van der Waals surface area contributed by atoms with Crippen LogP contribution in [0.1, 0.15) is 11.3 Å². The predicted molar refractivity (Wildman–Crippen MR) is 78.8 cm³/mol. The van der Waals surface area contributed by atoms with E-state index in [4.69, 9.17) is 0 Å². The quantitative estimate of drug-likeness (QED) is 0.698. The maximum atomic E-state index is 14.1. The van der Waals surface area contributed by atoms with Gasteiger partial charge in [-0.15, -0.1) is 0 Å². The summed E-state index contributed by atoms with van der Waals surface area (Å²) < 4.78 is 14.1. The van der Waals surface area contributed by atoms with Crippen LogP contribution in [0.15, 0.2) is 50.1 Å². The van der Waals surface area contributed by atoms with Crippen molar-refractivity contribution in [1.29, 1.82) is 0 Å². The van der Waals surface area contributed by atoms with Gasteiger partial charge in [-0.25, -0.2) is 0 Å². The van der Waals surface area contributed by atoms with Crippen LogP contribution in [-0.4, -0.2) is 4.79 Å². The van der Waals surface area contributed by atoms with Gasteiger partial charge in [-0.2, -0.15) is 4.79 Å². The van der Waals surface area contributed by atoms with Crippen molar-refractivity contribution >= 4 is 24.8 Å². The van der Waals surface area contributed by atoms with Gasteiger partial charge in [0, 0.05) is 10.8 Å². The molecule has 0 unspecified atom stereocenters. The fourth-order valence-corrected chi connectivity index (χ4v) is 1.58. The monoisotopic (exact) mass is 241 g/mol. The van der Waals surface area contributed by atoms with Crippen LogP contribution in [0.3, 0.4) is 0 Å². The van der Waals surface area contributed by atoms with E-state index in [2.05, 4.69) is 26.3 Å². The van der Waals surface area contributed by atoms with Crippen molar-refractivity contribution in [2.45, 2.75) is 0 Å². The van der Waals surface area contributed by atoms with E-state index in [0.29, 0.717) is 26.6 Å². The molecule has 0 aromatic carbocycles. The predicted octanol–water partition coefficient (Wildman–Crippen LogP) is 3.00. The van der Waals surface area contributed by atoms with Gasteiger partial charge in [0.15, 0.2) is 0 Å². The summed E-state index contributed by atoms with van der Waals surface area (Å²) >= 11 is 0. The second-order valence-corrected chi connectivity index (χ2v) is 3.53. The molecule has 18 heavy (non-hydrogen) atoms. The van der Waals surface area contributed by atoms with Crippen molar-refractivity contribution in [1.82, 2.24) is 4.79 Å². The van der Waals surface area contributed by atoms with E-state index in [9.17, 15) is 4.48 Å². The van der Waals surface area contributed by atoms with Crippen LogP contribution in [0.2, 0.25) is 0 Å². The van der Waals surface area contributed by atoms with Crippen LogP contribution in [-0.2, 0) is 0 Å². The van der Waals surface area contributed by atoms with E-state index in [1.807, 2.05) is 0 Å². The third-order valence-electron chi connectivity index (χ3n) is 2.43. The van der Waals surface area contributed by atoms with Crippen LogP contribution >= 0.6 is 0 Å². The Morgan fingerprint density at radius 3 is 2.22 bits per heavy atom. The number of nitrogens with zero attached hydrogens (tertiary/aromatic N) is 1. The fraction of sp³-hybridized carbons (Fsp3) is 0. The summed E-state index contributed by atoms with van der Waals surface area (Å²) in [6.45, 7) is 14.7. The zero-order chi connectivity index (χ0) is 13.5. The van der Waals surface area contributed by atoms with Gasteiger partial charge in [-0.1, -0.05) is 67.3 Å². The first-order chi connectivity index (χ1) is 8.67. The standard InChI is InChI=1S/C16H16FN/c1-5-8-10-12-15-13(4)14(7-3)16(18(15)17)11-9-6-2/h5-12H,1-4H2/b10-8-,11-9-,15-12+. The van der Waals surface area contributed by atoms with E-state index < -0.39 is 0 Å². The van der Waals surface area contributed by atoms with Gasteiger partial charge >= 0.3 is 0 Å². The maximum absolute atomic E-state index is 14.1. The molecule has 0 atom stereocenters.